The lowest BCUT2D eigenvalue weighted by atomic mass is 10.4. The number of aromatic nitrogens is 3. The van der Waals surface area contributed by atoms with Gasteiger partial charge >= 0.3 is 12.1 Å². The van der Waals surface area contributed by atoms with Crippen molar-refractivity contribution in [2.45, 2.75) is 26.1 Å². The van der Waals surface area contributed by atoms with E-state index in [0.717, 1.165) is 10.9 Å². The van der Waals surface area contributed by atoms with Crippen LogP contribution >= 0.6 is 0 Å². The van der Waals surface area contributed by atoms with E-state index in [4.69, 9.17) is 0 Å². The lowest BCUT2D eigenvalue weighted by Gasteiger charge is -2.04. The van der Waals surface area contributed by atoms with Gasteiger partial charge in [0.15, 0.2) is 5.69 Å². The normalized spacial score (nSPS) is 11.5. The third-order valence-corrected chi connectivity index (χ3v) is 1.65. The van der Waals surface area contributed by atoms with Crippen molar-refractivity contribution in [2.75, 3.05) is 6.61 Å². The summed E-state index contributed by atoms with van der Waals surface area (Å²) < 4.78 is 41.2. The van der Waals surface area contributed by atoms with E-state index in [1.807, 2.05) is 0 Å². The van der Waals surface area contributed by atoms with E-state index in [2.05, 4.69) is 15.0 Å². The van der Waals surface area contributed by atoms with Gasteiger partial charge in [-0.1, -0.05) is 5.21 Å². The fraction of sp³-hybridized carbons (Fsp3) is 0.625. The Morgan fingerprint density at radius 2 is 2.25 bits per heavy atom. The smallest absolute Gasteiger partial charge is 0.390 e. The van der Waals surface area contributed by atoms with Crippen molar-refractivity contribution in [3.05, 3.63) is 11.9 Å². The van der Waals surface area contributed by atoms with Crippen LogP contribution in [-0.4, -0.2) is 33.7 Å². The number of carbonyl (C=O) groups excluding carboxylic acids is 1. The quantitative estimate of drug-likeness (QED) is 0.743. The molecule has 0 aromatic carbocycles. The zero-order valence-corrected chi connectivity index (χ0v) is 8.49. The van der Waals surface area contributed by atoms with E-state index in [1.54, 1.807) is 6.92 Å². The topological polar surface area (TPSA) is 57.0 Å². The maximum absolute atomic E-state index is 11.9. The van der Waals surface area contributed by atoms with Crippen LogP contribution in [0.4, 0.5) is 13.2 Å². The van der Waals surface area contributed by atoms with Gasteiger partial charge in [0.05, 0.1) is 25.8 Å². The molecule has 0 unspecified atom stereocenters. The van der Waals surface area contributed by atoms with Gasteiger partial charge in [0, 0.05) is 0 Å². The summed E-state index contributed by atoms with van der Waals surface area (Å²) in [6.45, 7) is 1.43. The summed E-state index contributed by atoms with van der Waals surface area (Å²) >= 11 is 0. The molecule has 8 heteroatoms. The van der Waals surface area contributed by atoms with Gasteiger partial charge in [0.25, 0.3) is 0 Å². The highest BCUT2D eigenvalue weighted by molar-refractivity contribution is 5.86. The third kappa shape index (κ3) is 3.87. The maximum Gasteiger partial charge on any atom is 0.390 e. The van der Waals surface area contributed by atoms with Crippen molar-refractivity contribution in [1.29, 1.82) is 0 Å². The first-order valence-electron chi connectivity index (χ1n) is 4.56. The molecule has 0 aliphatic heterocycles. The van der Waals surface area contributed by atoms with Crippen LogP contribution in [0.25, 0.3) is 0 Å². The number of alkyl halides is 3. The molecule has 0 saturated heterocycles. The predicted octanol–water partition coefficient (Wildman–Crippen LogP) is 1.41. The molecule has 16 heavy (non-hydrogen) atoms. The molecule has 0 radical (unpaired) electrons. The average molecular weight is 237 g/mol. The Bertz CT molecular complexity index is 362. The van der Waals surface area contributed by atoms with Crippen LogP contribution in [-0.2, 0) is 11.3 Å². The summed E-state index contributed by atoms with van der Waals surface area (Å²) in [5.41, 5.74) is -0.0935. The van der Waals surface area contributed by atoms with Crippen LogP contribution in [0.2, 0.25) is 0 Å². The molecule has 1 aromatic rings. The standard InChI is InChI=1S/C8H10F3N3O2/c1-2-16-7(15)6-5-14(13-12-6)4-3-8(9,10)11/h5H,2-4H2,1H3. The Hall–Kier alpha value is -1.60. The zero-order valence-electron chi connectivity index (χ0n) is 8.49. The molecular weight excluding hydrogens is 227 g/mol. The van der Waals surface area contributed by atoms with E-state index in [0.29, 0.717) is 0 Å². The minimum Gasteiger partial charge on any atom is -0.461 e. The second-order valence-corrected chi connectivity index (χ2v) is 2.95. The second-order valence-electron chi connectivity index (χ2n) is 2.95. The van der Waals surface area contributed by atoms with Gasteiger partial charge in [-0.25, -0.2) is 4.79 Å². The van der Waals surface area contributed by atoms with Gasteiger partial charge in [-0.2, -0.15) is 13.2 Å². The molecule has 1 aromatic heterocycles. The van der Waals surface area contributed by atoms with Crippen LogP contribution in [0, 0.1) is 0 Å². The van der Waals surface area contributed by atoms with E-state index < -0.39 is 18.6 Å². The number of halogens is 3. The minimum atomic E-state index is -4.25. The number of hydrogen-bond donors (Lipinski definition) is 0. The molecule has 0 saturated carbocycles. The maximum atomic E-state index is 11.9. The van der Waals surface area contributed by atoms with Crippen LogP contribution in [0.5, 0.6) is 0 Å². The minimum absolute atomic E-state index is 0.0935. The SMILES string of the molecule is CCOC(=O)c1cn(CCC(F)(F)F)nn1. The molecule has 1 heterocycles. The number of esters is 1. The fourth-order valence-corrected chi connectivity index (χ4v) is 0.948. The van der Waals surface area contributed by atoms with Crippen molar-refractivity contribution >= 4 is 5.97 Å². The summed E-state index contributed by atoms with van der Waals surface area (Å²) in [7, 11) is 0. The number of ether oxygens (including phenoxy) is 1. The molecule has 0 spiro atoms. The van der Waals surface area contributed by atoms with E-state index in [-0.39, 0.29) is 18.8 Å². The highest BCUT2D eigenvalue weighted by Gasteiger charge is 2.27. The van der Waals surface area contributed by atoms with E-state index in [1.165, 1.54) is 0 Å². The summed E-state index contributed by atoms with van der Waals surface area (Å²) in [5.74, 6) is -0.694. The Morgan fingerprint density at radius 1 is 1.56 bits per heavy atom. The summed E-state index contributed by atoms with van der Waals surface area (Å²) in [6.07, 6.45) is -4.14. The molecule has 0 aliphatic rings. The first-order chi connectivity index (χ1) is 7.42. The van der Waals surface area contributed by atoms with Gasteiger partial charge in [-0.05, 0) is 6.92 Å². The van der Waals surface area contributed by atoms with Crippen LogP contribution in [0.15, 0.2) is 6.20 Å². The highest BCUT2D eigenvalue weighted by atomic mass is 19.4. The Balaban J connectivity index is 2.55. The predicted molar refractivity (Wildman–Crippen MR) is 46.7 cm³/mol. The van der Waals surface area contributed by atoms with E-state index >= 15 is 0 Å². The summed E-state index contributed by atoms with van der Waals surface area (Å²) in [4.78, 5) is 11.1. The van der Waals surface area contributed by atoms with Crippen molar-refractivity contribution < 1.29 is 22.7 Å². The summed E-state index contributed by atoms with van der Waals surface area (Å²) in [6, 6.07) is 0. The van der Waals surface area contributed by atoms with Crippen LogP contribution in [0.1, 0.15) is 23.8 Å². The average Bonchev–Trinajstić information content (AvgIpc) is 2.62. The summed E-state index contributed by atoms with van der Waals surface area (Å²) in [5, 5.41) is 6.79. The lowest BCUT2D eigenvalue weighted by Crippen LogP contribution is -2.12. The van der Waals surface area contributed by atoms with Crippen LogP contribution < -0.4 is 0 Å². The van der Waals surface area contributed by atoms with Crippen molar-refractivity contribution in [3.8, 4) is 0 Å². The monoisotopic (exact) mass is 237 g/mol. The molecule has 0 amide bonds. The molecular formula is C8H10F3N3O2. The molecule has 90 valence electrons. The Morgan fingerprint density at radius 3 is 2.81 bits per heavy atom. The molecule has 1 rings (SSSR count). The van der Waals surface area contributed by atoms with Gasteiger partial charge < -0.3 is 4.74 Å². The Labute approximate surface area is 89.2 Å². The number of carbonyl (C=O) groups is 1. The number of hydrogen-bond acceptors (Lipinski definition) is 4. The number of rotatable bonds is 4. The number of nitrogens with zero attached hydrogens (tertiary/aromatic N) is 3. The second kappa shape index (κ2) is 4.95. The molecule has 5 nitrogen and oxygen atoms in total. The first kappa shape index (κ1) is 12.5. The molecule has 0 bridgehead atoms. The highest BCUT2D eigenvalue weighted by Crippen LogP contribution is 2.19. The molecule has 0 aliphatic carbocycles. The fourth-order valence-electron chi connectivity index (χ4n) is 0.948. The lowest BCUT2D eigenvalue weighted by molar-refractivity contribution is -0.137. The van der Waals surface area contributed by atoms with Gasteiger partial charge in [-0.15, -0.1) is 5.10 Å². The van der Waals surface area contributed by atoms with Gasteiger partial charge in [-0.3, -0.25) is 4.68 Å². The number of aryl methyl sites for hydroxylation is 1. The Kier molecular flexibility index (Phi) is 3.86. The molecule has 0 atom stereocenters. The van der Waals surface area contributed by atoms with Gasteiger partial charge in [0.1, 0.15) is 0 Å². The van der Waals surface area contributed by atoms with Crippen molar-refractivity contribution in [3.63, 3.8) is 0 Å². The van der Waals surface area contributed by atoms with Crippen LogP contribution in [0.3, 0.4) is 0 Å². The first-order valence-corrected chi connectivity index (χ1v) is 4.56. The molecule has 0 fully saturated rings. The van der Waals surface area contributed by atoms with Gasteiger partial charge in [0.2, 0.25) is 0 Å². The van der Waals surface area contributed by atoms with Crippen molar-refractivity contribution in [2.24, 2.45) is 0 Å². The third-order valence-electron chi connectivity index (χ3n) is 1.65. The van der Waals surface area contributed by atoms with Crippen molar-refractivity contribution in [1.82, 2.24) is 15.0 Å². The van der Waals surface area contributed by atoms with E-state index in [9.17, 15) is 18.0 Å². The largest absolute Gasteiger partial charge is 0.461 e. The molecule has 0 N–H and O–H groups in total. The zero-order chi connectivity index (χ0) is 12.2.